The van der Waals surface area contributed by atoms with Gasteiger partial charge in [-0.15, -0.1) is 0 Å². The highest BCUT2D eigenvalue weighted by atomic mass is 16.1. The Kier molecular flexibility index (Phi) is 3.65. The van der Waals surface area contributed by atoms with Crippen LogP contribution in [0.25, 0.3) is 17.2 Å². The van der Waals surface area contributed by atoms with E-state index in [0.717, 1.165) is 23.9 Å². The van der Waals surface area contributed by atoms with E-state index >= 15 is 0 Å². The van der Waals surface area contributed by atoms with Gasteiger partial charge in [-0.2, -0.15) is 0 Å². The van der Waals surface area contributed by atoms with Crippen molar-refractivity contribution in [3.8, 4) is 0 Å². The predicted molar refractivity (Wildman–Crippen MR) is 74.7 cm³/mol. The van der Waals surface area contributed by atoms with Gasteiger partial charge in [-0.1, -0.05) is 26.0 Å². The van der Waals surface area contributed by atoms with Gasteiger partial charge >= 0.3 is 5.69 Å². The Morgan fingerprint density at radius 1 is 1.44 bits per heavy atom. The van der Waals surface area contributed by atoms with Crippen LogP contribution in [0.5, 0.6) is 0 Å². The third-order valence-corrected chi connectivity index (χ3v) is 3.26. The molecule has 0 amide bonds. The summed E-state index contributed by atoms with van der Waals surface area (Å²) in [5.74, 6) is 0. The smallest absolute Gasteiger partial charge is 0.290 e. The number of hydrogen-bond donors (Lipinski definition) is 1. The number of aromatic amines is 1. The van der Waals surface area contributed by atoms with Crippen LogP contribution >= 0.6 is 0 Å². The fourth-order valence-electron chi connectivity index (χ4n) is 2.32. The highest BCUT2D eigenvalue weighted by Crippen LogP contribution is 2.20. The number of pyridine rings is 1. The molecule has 0 aliphatic rings. The summed E-state index contributed by atoms with van der Waals surface area (Å²) in [6.45, 7) is 6.17. The first-order chi connectivity index (χ1) is 8.71. The lowest BCUT2D eigenvalue weighted by atomic mass is 10.1. The van der Waals surface area contributed by atoms with Gasteiger partial charge in [0, 0.05) is 12.2 Å². The third kappa shape index (κ3) is 2.10. The van der Waals surface area contributed by atoms with Crippen LogP contribution in [0, 0.1) is 0 Å². The van der Waals surface area contributed by atoms with Crippen molar-refractivity contribution < 1.29 is 0 Å². The van der Waals surface area contributed by atoms with E-state index in [0.29, 0.717) is 5.65 Å². The number of nitrogens with zero attached hydrogens (tertiary/aromatic N) is 2. The van der Waals surface area contributed by atoms with Crippen molar-refractivity contribution >= 4 is 17.2 Å². The lowest BCUT2D eigenvalue weighted by Crippen LogP contribution is -2.21. The van der Waals surface area contributed by atoms with Crippen molar-refractivity contribution in [1.82, 2.24) is 14.5 Å². The Balaban J connectivity index is 2.67. The summed E-state index contributed by atoms with van der Waals surface area (Å²) in [4.78, 5) is 19.1. The second-order valence-electron chi connectivity index (χ2n) is 4.41. The highest BCUT2D eigenvalue weighted by molar-refractivity contribution is 5.74. The minimum absolute atomic E-state index is 0.0659. The second kappa shape index (κ2) is 5.21. The fourth-order valence-corrected chi connectivity index (χ4v) is 2.32. The summed E-state index contributed by atoms with van der Waals surface area (Å²) in [5.41, 5.74) is 2.51. The molecule has 0 saturated carbocycles. The maximum absolute atomic E-state index is 12.0. The van der Waals surface area contributed by atoms with Crippen LogP contribution in [0.4, 0.5) is 0 Å². The summed E-state index contributed by atoms with van der Waals surface area (Å²) in [6, 6.07) is 2.24. The summed E-state index contributed by atoms with van der Waals surface area (Å²) < 4.78 is 1.83. The lowest BCUT2D eigenvalue weighted by Gasteiger charge is -2.14. The van der Waals surface area contributed by atoms with Gasteiger partial charge < -0.3 is 0 Å². The van der Waals surface area contributed by atoms with Crippen LogP contribution in [-0.4, -0.2) is 14.5 Å². The number of hydrogen-bond acceptors (Lipinski definition) is 2. The van der Waals surface area contributed by atoms with Crippen molar-refractivity contribution in [2.45, 2.75) is 39.7 Å². The van der Waals surface area contributed by atoms with Gasteiger partial charge in [-0.05, 0) is 31.4 Å². The van der Waals surface area contributed by atoms with Crippen LogP contribution in [0.15, 0.2) is 23.1 Å². The van der Waals surface area contributed by atoms with Gasteiger partial charge in [0.05, 0.1) is 5.52 Å². The zero-order valence-corrected chi connectivity index (χ0v) is 11.1. The molecule has 2 aromatic rings. The monoisotopic (exact) mass is 245 g/mol. The first kappa shape index (κ1) is 12.6. The molecule has 0 radical (unpaired) electrons. The molecule has 0 aliphatic carbocycles. The van der Waals surface area contributed by atoms with Gasteiger partial charge in [0.2, 0.25) is 0 Å². The van der Waals surface area contributed by atoms with E-state index < -0.39 is 0 Å². The minimum atomic E-state index is -0.0659. The Hall–Kier alpha value is -1.84. The molecule has 0 bridgehead atoms. The van der Waals surface area contributed by atoms with Crippen LogP contribution in [0.1, 0.15) is 45.2 Å². The van der Waals surface area contributed by atoms with Gasteiger partial charge in [0.15, 0.2) is 5.65 Å². The molecule has 4 nitrogen and oxygen atoms in total. The summed E-state index contributed by atoms with van der Waals surface area (Å²) in [7, 11) is 0. The molecular formula is C14H19N3O. The molecule has 0 atom stereocenters. The molecule has 2 aromatic heterocycles. The fraction of sp³-hybridized carbons (Fsp3) is 0.429. The zero-order chi connectivity index (χ0) is 13.1. The van der Waals surface area contributed by atoms with E-state index in [2.05, 4.69) is 23.8 Å². The lowest BCUT2D eigenvalue weighted by molar-refractivity contribution is 0.471. The van der Waals surface area contributed by atoms with Crippen molar-refractivity contribution in [2.24, 2.45) is 0 Å². The standard InChI is InChI=1S/C14H19N3O/c1-4-7-10-8-12-13(15-9-10)16-14(18)17(12)11(5-2)6-3/h4,7-9,11H,5-6H2,1-3H3,(H,15,16,18)/b7-4+. The van der Waals surface area contributed by atoms with Gasteiger partial charge in [0.25, 0.3) is 0 Å². The number of nitrogens with one attached hydrogen (secondary N) is 1. The Morgan fingerprint density at radius 3 is 2.78 bits per heavy atom. The van der Waals surface area contributed by atoms with E-state index in [1.165, 1.54) is 0 Å². The number of allylic oxidation sites excluding steroid dienone is 1. The average molecular weight is 245 g/mol. The average Bonchev–Trinajstić information content (AvgIpc) is 2.68. The van der Waals surface area contributed by atoms with Crippen LogP contribution < -0.4 is 5.69 Å². The molecule has 0 fully saturated rings. The third-order valence-electron chi connectivity index (χ3n) is 3.26. The predicted octanol–water partition coefficient (Wildman–Crippen LogP) is 3.12. The molecule has 0 aliphatic heterocycles. The van der Waals surface area contributed by atoms with Crippen LogP contribution in [-0.2, 0) is 0 Å². The molecule has 18 heavy (non-hydrogen) atoms. The SMILES string of the molecule is C/C=C/c1cnc2[nH]c(=O)n(C(CC)CC)c2c1. The maximum atomic E-state index is 12.0. The van der Waals surface area contributed by atoms with Gasteiger partial charge in [-0.25, -0.2) is 9.78 Å². The first-order valence-electron chi connectivity index (χ1n) is 6.44. The molecule has 0 spiro atoms. The quantitative estimate of drug-likeness (QED) is 0.899. The topological polar surface area (TPSA) is 50.7 Å². The normalized spacial score (nSPS) is 12.0. The van der Waals surface area contributed by atoms with Crippen LogP contribution in [0.3, 0.4) is 0 Å². The minimum Gasteiger partial charge on any atom is -0.290 e. The summed E-state index contributed by atoms with van der Waals surface area (Å²) in [5, 5.41) is 0. The van der Waals surface area contributed by atoms with Crippen molar-refractivity contribution in [3.63, 3.8) is 0 Å². The number of aromatic nitrogens is 3. The molecule has 1 N–H and O–H groups in total. The van der Waals surface area contributed by atoms with Crippen molar-refractivity contribution in [2.75, 3.05) is 0 Å². The van der Waals surface area contributed by atoms with E-state index in [9.17, 15) is 4.79 Å². The summed E-state index contributed by atoms with van der Waals surface area (Å²) >= 11 is 0. The van der Waals surface area contributed by atoms with E-state index in [1.54, 1.807) is 6.20 Å². The molecule has 0 saturated heterocycles. The van der Waals surface area contributed by atoms with E-state index in [1.807, 2.05) is 29.7 Å². The Labute approximate surface area is 106 Å². The Morgan fingerprint density at radius 2 is 2.17 bits per heavy atom. The molecule has 0 aromatic carbocycles. The number of H-pyrrole nitrogens is 1. The van der Waals surface area contributed by atoms with Crippen molar-refractivity contribution in [1.29, 1.82) is 0 Å². The molecule has 96 valence electrons. The molecule has 2 heterocycles. The number of imidazole rings is 1. The van der Waals surface area contributed by atoms with E-state index in [-0.39, 0.29) is 11.7 Å². The number of rotatable bonds is 4. The molecular weight excluding hydrogens is 226 g/mol. The highest BCUT2D eigenvalue weighted by Gasteiger charge is 2.14. The maximum Gasteiger partial charge on any atom is 0.327 e. The van der Waals surface area contributed by atoms with E-state index in [4.69, 9.17) is 0 Å². The molecule has 2 rings (SSSR count). The number of fused-ring (bicyclic) bond motifs is 1. The largest absolute Gasteiger partial charge is 0.327 e. The zero-order valence-electron chi connectivity index (χ0n) is 11.1. The van der Waals surface area contributed by atoms with Crippen LogP contribution in [0.2, 0.25) is 0 Å². The molecule has 0 unspecified atom stereocenters. The van der Waals surface area contributed by atoms with Gasteiger partial charge in [0.1, 0.15) is 0 Å². The summed E-state index contributed by atoms with van der Waals surface area (Å²) in [6.07, 6.45) is 7.61. The van der Waals surface area contributed by atoms with Gasteiger partial charge in [-0.3, -0.25) is 9.55 Å². The second-order valence-corrected chi connectivity index (χ2v) is 4.41. The molecule has 4 heteroatoms. The Bertz CT molecular complexity index is 617. The first-order valence-corrected chi connectivity index (χ1v) is 6.44. The van der Waals surface area contributed by atoms with Crippen molar-refractivity contribution in [3.05, 3.63) is 34.4 Å².